The molecule has 2 atom stereocenters. The average molecular weight is 355 g/mol. The molecule has 26 heavy (non-hydrogen) atoms. The van der Waals surface area contributed by atoms with E-state index in [9.17, 15) is 9.59 Å². The Morgan fingerprint density at radius 2 is 1.62 bits per heavy atom. The number of carboxylic acid groups (broad SMARTS) is 1. The number of aromatic carboxylic acids is 1. The zero-order valence-corrected chi connectivity index (χ0v) is 15.3. The Bertz CT molecular complexity index is 725. The van der Waals surface area contributed by atoms with Gasteiger partial charge in [0.05, 0.1) is 18.2 Å². The molecule has 1 amide bonds. The van der Waals surface area contributed by atoms with Crippen LogP contribution >= 0.6 is 0 Å². The summed E-state index contributed by atoms with van der Waals surface area (Å²) in [5.41, 5.74) is 2.08. The standard InChI is InChI=1S/C21H25NO4/c1-14(2)19(26-13-16-7-5-4-6-8-16)20(23)22-15(3)17-9-11-18(12-10-17)21(24)25/h4-12,14-15,19H,13H2,1-3H3,(H,22,23)(H,24,25)/t15-,19+/m0/s1. The van der Waals surface area contributed by atoms with Crippen LogP contribution in [0.3, 0.4) is 0 Å². The minimum absolute atomic E-state index is 0.0281. The zero-order chi connectivity index (χ0) is 19.1. The van der Waals surface area contributed by atoms with E-state index in [4.69, 9.17) is 9.84 Å². The van der Waals surface area contributed by atoms with Gasteiger partial charge in [-0.2, -0.15) is 0 Å². The molecule has 2 aromatic carbocycles. The molecule has 0 unspecified atom stereocenters. The molecule has 0 spiro atoms. The fraction of sp³-hybridized carbons (Fsp3) is 0.333. The van der Waals surface area contributed by atoms with Gasteiger partial charge >= 0.3 is 5.97 Å². The molecule has 0 heterocycles. The number of carboxylic acids is 1. The predicted octanol–water partition coefficient (Wildman–Crippen LogP) is 3.80. The normalized spacial score (nSPS) is 13.2. The number of hydrogen-bond donors (Lipinski definition) is 2. The average Bonchev–Trinajstić information content (AvgIpc) is 2.62. The van der Waals surface area contributed by atoms with Crippen LogP contribution in [0.15, 0.2) is 54.6 Å². The summed E-state index contributed by atoms with van der Waals surface area (Å²) in [5, 5.41) is 11.9. The molecule has 0 saturated carbocycles. The van der Waals surface area contributed by atoms with Gasteiger partial charge in [-0.25, -0.2) is 4.79 Å². The second kappa shape index (κ2) is 9.15. The second-order valence-electron chi connectivity index (χ2n) is 6.62. The minimum Gasteiger partial charge on any atom is -0.478 e. The summed E-state index contributed by atoms with van der Waals surface area (Å²) >= 11 is 0. The summed E-state index contributed by atoms with van der Waals surface area (Å²) in [6.45, 7) is 6.13. The predicted molar refractivity (Wildman–Crippen MR) is 99.8 cm³/mol. The number of rotatable bonds is 8. The van der Waals surface area contributed by atoms with Crippen molar-refractivity contribution in [2.75, 3.05) is 0 Å². The van der Waals surface area contributed by atoms with Crippen LogP contribution in [0.5, 0.6) is 0 Å². The van der Waals surface area contributed by atoms with Gasteiger partial charge in [0.1, 0.15) is 6.10 Å². The second-order valence-corrected chi connectivity index (χ2v) is 6.62. The highest BCUT2D eigenvalue weighted by atomic mass is 16.5. The van der Waals surface area contributed by atoms with Crippen molar-refractivity contribution >= 4 is 11.9 Å². The summed E-state index contributed by atoms with van der Waals surface area (Å²) in [5.74, 6) is -1.12. The highest BCUT2D eigenvalue weighted by Gasteiger charge is 2.24. The molecule has 2 N–H and O–H groups in total. The van der Waals surface area contributed by atoms with Gasteiger partial charge in [0, 0.05) is 0 Å². The number of ether oxygens (including phenoxy) is 1. The molecule has 0 bridgehead atoms. The Balaban J connectivity index is 1.98. The molecular formula is C21H25NO4. The molecule has 0 radical (unpaired) electrons. The van der Waals surface area contributed by atoms with Gasteiger partial charge in [-0.1, -0.05) is 56.3 Å². The van der Waals surface area contributed by atoms with Gasteiger partial charge in [0.2, 0.25) is 5.91 Å². The van der Waals surface area contributed by atoms with Crippen molar-refractivity contribution < 1.29 is 19.4 Å². The molecule has 2 aromatic rings. The monoisotopic (exact) mass is 355 g/mol. The zero-order valence-electron chi connectivity index (χ0n) is 15.3. The van der Waals surface area contributed by atoms with Crippen molar-refractivity contribution in [3.05, 3.63) is 71.3 Å². The number of benzene rings is 2. The summed E-state index contributed by atoms with van der Waals surface area (Å²) in [6.07, 6.45) is -0.559. The van der Waals surface area contributed by atoms with E-state index in [0.29, 0.717) is 6.61 Å². The fourth-order valence-electron chi connectivity index (χ4n) is 2.62. The lowest BCUT2D eigenvalue weighted by atomic mass is 10.0. The van der Waals surface area contributed by atoms with Crippen molar-refractivity contribution in [3.8, 4) is 0 Å². The van der Waals surface area contributed by atoms with Gasteiger partial charge in [0.15, 0.2) is 0 Å². The van der Waals surface area contributed by atoms with Gasteiger partial charge in [0.25, 0.3) is 0 Å². The molecule has 2 rings (SSSR count). The van der Waals surface area contributed by atoms with Crippen molar-refractivity contribution in [3.63, 3.8) is 0 Å². The van der Waals surface area contributed by atoms with Crippen LogP contribution in [0.25, 0.3) is 0 Å². The summed E-state index contributed by atoms with van der Waals surface area (Å²) in [7, 11) is 0. The molecule has 0 aliphatic rings. The van der Waals surface area contributed by atoms with Crippen LogP contribution in [0.2, 0.25) is 0 Å². The Hall–Kier alpha value is -2.66. The minimum atomic E-state index is -0.970. The van der Waals surface area contributed by atoms with Crippen LogP contribution in [0.4, 0.5) is 0 Å². The van der Waals surface area contributed by atoms with Gasteiger partial charge in [-0.15, -0.1) is 0 Å². The fourth-order valence-corrected chi connectivity index (χ4v) is 2.62. The first kappa shape index (κ1) is 19.7. The Morgan fingerprint density at radius 3 is 2.15 bits per heavy atom. The van der Waals surface area contributed by atoms with E-state index in [1.165, 1.54) is 12.1 Å². The lowest BCUT2D eigenvalue weighted by molar-refractivity contribution is -0.137. The first-order valence-electron chi connectivity index (χ1n) is 8.67. The van der Waals surface area contributed by atoms with Crippen molar-refractivity contribution in [1.29, 1.82) is 0 Å². The topological polar surface area (TPSA) is 75.6 Å². The quantitative estimate of drug-likeness (QED) is 0.755. The Kier molecular flexibility index (Phi) is 6.92. The SMILES string of the molecule is CC(C)[C@@H](OCc1ccccc1)C(=O)N[C@@H](C)c1ccc(C(=O)O)cc1. The van der Waals surface area contributed by atoms with E-state index < -0.39 is 12.1 Å². The van der Waals surface area contributed by atoms with E-state index in [2.05, 4.69) is 5.32 Å². The van der Waals surface area contributed by atoms with Gasteiger partial charge in [-0.3, -0.25) is 4.79 Å². The maximum absolute atomic E-state index is 12.6. The van der Waals surface area contributed by atoms with Crippen molar-refractivity contribution in [1.82, 2.24) is 5.32 Å². The number of carbonyl (C=O) groups excluding carboxylic acids is 1. The number of carbonyl (C=O) groups is 2. The third-order valence-corrected chi connectivity index (χ3v) is 4.15. The van der Waals surface area contributed by atoms with E-state index in [0.717, 1.165) is 11.1 Å². The van der Waals surface area contributed by atoms with Crippen LogP contribution in [0.1, 0.15) is 48.3 Å². The van der Waals surface area contributed by atoms with Gasteiger partial charge < -0.3 is 15.2 Å². The van der Waals surface area contributed by atoms with Crippen molar-refractivity contribution in [2.45, 2.75) is 39.5 Å². The number of amides is 1. The highest BCUT2D eigenvalue weighted by molar-refractivity contribution is 5.87. The van der Waals surface area contributed by atoms with Crippen LogP contribution in [-0.2, 0) is 16.1 Å². The summed E-state index contributed by atoms with van der Waals surface area (Å²) < 4.78 is 5.85. The lowest BCUT2D eigenvalue weighted by Gasteiger charge is -2.23. The molecule has 5 nitrogen and oxygen atoms in total. The van der Waals surface area contributed by atoms with Gasteiger partial charge in [-0.05, 0) is 36.1 Å². The molecule has 0 fully saturated rings. The molecule has 0 aliphatic carbocycles. The lowest BCUT2D eigenvalue weighted by Crippen LogP contribution is -2.40. The van der Waals surface area contributed by atoms with E-state index in [1.807, 2.05) is 51.1 Å². The third kappa shape index (κ3) is 5.43. The maximum Gasteiger partial charge on any atom is 0.335 e. The first-order chi connectivity index (χ1) is 12.4. The number of nitrogens with one attached hydrogen (secondary N) is 1. The summed E-state index contributed by atoms with van der Waals surface area (Å²) in [4.78, 5) is 23.6. The maximum atomic E-state index is 12.6. The molecule has 0 aromatic heterocycles. The Morgan fingerprint density at radius 1 is 1.00 bits per heavy atom. The summed E-state index contributed by atoms with van der Waals surface area (Å²) in [6, 6.07) is 16.0. The van der Waals surface area contributed by atoms with E-state index in [-0.39, 0.29) is 23.4 Å². The molecule has 138 valence electrons. The highest BCUT2D eigenvalue weighted by Crippen LogP contribution is 2.16. The number of hydrogen-bond acceptors (Lipinski definition) is 3. The molecule has 5 heteroatoms. The smallest absolute Gasteiger partial charge is 0.335 e. The van der Waals surface area contributed by atoms with Crippen molar-refractivity contribution in [2.24, 2.45) is 5.92 Å². The third-order valence-electron chi connectivity index (χ3n) is 4.15. The van der Waals surface area contributed by atoms with E-state index >= 15 is 0 Å². The largest absolute Gasteiger partial charge is 0.478 e. The molecular weight excluding hydrogens is 330 g/mol. The first-order valence-corrected chi connectivity index (χ1v) is 8.67. The molecule has 0 aliphatic heterocycles. The molecule has 0 saturated heterocycles. The van der Waals surface area contributed by atoms with E-state index in [1.54, 1.807) is 12.1 Å². The van der Waals surface area contributed by atoms with Crippen LogP contribution in [-0.4, -0.2) is 23.1 Å². The van der Waals surface area contributed by atoms with Crippen LogP contribution in [0, 0.1) is 5.92 Å². The van der Waals surface area contributed by atoms with Crippen LogP contribution < -0.4 is 5.32 Å². The Labute approximate surface area is 154 Å².